The highest BCUT2D eigenvalue weighted by Crippen LogP contribution is 2.06. The molecular weight excluding hydrogens is 156 g/mol. The van der Waals surface area contributed by atoms with E-state index in [0.717, 1.165) is 6.42 Å². The number of aliphatic hydroxyl groups is 1. The van der Waals surface area contributed by atoms with Crippen LogP contribution in [-0.2, 0) is 0 Å². The molecule has 1 aromatic rings. The molecule has 0 amide bonds. The summed E-state index contributed by atoms with van der Waals surface area (Å²) in [6.07, 6.45) is 3.69. The standard InChI is InChI=1S/C8H12N2O2/c1-2-3-8(11)12-7-4-5-9-6-10-7/h4-6,8,11H,2-3H2,1H3. The van der Waals surface area contributed by atoms with E-state index >= 15 is 0 Å². The molecule has 4 heteroatoms. The Kier molecular flexibility index (Phi) is 3.47. The zero-order chi connectivity index (χ0) is 8.81. The Morgan fingerprint density at radius 2 is 2.50 bits per heavy atom. The van der Waals surface area contributed by atoms with Crippen LogP contribution in [0.15, 0.2) is 18.6 Å². The smallest absolute Gasteiger partial charge is 0.218 e. The van der Waals surface area contributed by atoms with Gasteiger partial charge in [-0.2, -0.15) is 0 Å². The fourth-order valence-corrected chi connectivity index (χ4v) is 0.794. The number of nitrogens with zero attached hydrogens (tertiary/aromatic N) is 2. The van der Waals surface area contributed by atoms with Crippen molar-refractivity contribution in [2.45, 2.75) is 26.1 Å². The zero-order valence-corrected chi connectivity index (χ0v) is 6.97. The Balaban J connectivity index is 2.41. The monoisotopic (exact) mass is 168 g/mol. The van der Waals surface area contributed by atoms with Crippen molar-refractivity contribution in [1.82, 2.24) is 9.97 Å². The molecule has 1 atom stereocenters. The van der Waals surface area contributed by atoms with Crippen molar-refractivity contribution < 1.29 is 9.84 Å². The largest absolute Gasteiger partial charge is 0.448 e. The maximum absolute atomic E-state index is 9.22. The van der Waals surface area contributed by atoms with E-state index in [-0.39, 0.29) is 0 Å². The van der Waals surface area contributed by atoms with Crippen molar-refractivity contribution in [2.24, 2.45) is 0 Å². The van der Waals surface area contributed by atoms with Crippen molar-refractivity contribution in [3.05, 3.63) is 18.6 Å². The van der Waals surface area contributed by atoms with Gasteiger partial charge in [-0.3, -0.25) is 0 Å². The van der Waals surface area contributed by atoms with Crippen LogP contribution in [0.5, 0.6) is 5.88 Å². The summed E-state index contributed by atoms with van der Waals surface area (Å²) < 4.78 is 5.06. The lowest BCUT2D eigenvalue weighted by molar-refractivity contribution is -0.0265. The summed E-state index contributed by atoms with van der Waals surface area (Å²) in [5, 5.41) is 9.22. The first kappa shape index (κ1) is 8.93. The lowest BCUT2D eigenvalue weighted by Crippen LogP contribution is -2.15. The van der Waals surface area contributed by atoms with Crippen LogP contribution in [0.25, 0.3) is 0 Å². The molecule has 12 heavy (non-hydrogen) atoms. The SMILES string of the molecule is CCCC(O)Oc1ccncn1. The minimum absolute atomic E-state index is 0.408. The molecular formula is C8H12N2O2. The van der Waals surface area contributed by atoms with E-state index in [1.54, 1.807) is 12.3 Å². The van der Waals surface area contributed by atoms with Crippen LogP contribution < -0.4 is 4.74 Å². The quantitative estimate of drug-likeness (QED) is 0.681. The molecule has 1 unspecified atom stereocenters. The first-order valence-electron chi connectivity index (χ1n) is 3.93. The van der Waals surface area contributed by atoms with E-state index in [9.17, 15) is 5.11 Å². The van der Waals surface area contributed by atoms with Gasteiger partial charge in [0.05, 0.1) is 0 Å². The molecule has 66 valence electrons. The molecule has 0 aromatic carbocycles. The molecule has 0 spiro atoms. The number of ether oxygens (including phenoxy) is 1. The Labute approximate surface area is 71.2 Å². The zero-order valence-electron chi connectivity index (χ0n) is 6.97. The summed E-state index contributed by atoms with van der Waals surface area (Å²) in [5.74, 6) is 0.408. The summed E-state index contributed by atoms with van der Waals surface area (Å²) in [4.78, 5) is 7.53. The third-order valence-corrected chi connectivity index (χ3v) is 1.35. The van der Waals surface area contributed by atoms with Crippen molar-refractivity contribution >= 4 is 0 Å². The van der Waals surface area contributed by atoms with Gasteiger partial charge in [-0.1, -0.05) is 13.3 Å². The van der Waals surface area contributed by atoms with Crippen LogP contribution in [0.4, 0.5) is 0 Å². The van der Waals surface area contributed by atoms with Crippen molar-refractivity contribution in [3.63, 3.8) is 0 Å². The molecule has 1 rings (SSSR count). The summed E-state index contributed by atoms with van der Waals surface area (Å²) in [7, 11) is 0. The average Bonchev–Trinajstić information content (AvgIpc) is 2.06. The maximum Gasteiger partial charge on any atom is 0.218 e. The molecule has 0 fully saturated rings. The second-order valence-electron chi connectivity index (χ2n) is 2.41. The topological polar surface area (TPSA) is 55.2 Å². The van der Waals surface area contributed by atoms with Gasteiger partial charge in [-0.15, -0.1) is 0 Å². The van der Waals surface area contributed by atoms with Gasteiger partial charge >= 0.3 is 0 Å². The van der Waals surface area contributed by atoms with Crippen molar-refractivity contribution in [3.8, 4) is 5.88 Å². The molecule has 0 aliphatic carbocycles. The lowest BCUT2D eigenvalue weighted by Gasteiger charge is -2.10. The summed E-state index contributed by atoms with van der Waals surface area (Å²) in [6, 6.07) is 1.61. The molecule has 0 aliphatic heterocycles. The molecule has 1 heterocycles. The molecule has 0 saturated heterocycles. The maximum atomic E-state index is 9.22. The summed E-state index contributed by atoms with van der Waals surface area (Å²) >= 11 is 0. The van der Waals surface area contributed by atoms with E-state index < -0.39 is 6.29 Å². The van der Waals surface area contributed by atoms with Gasteiger partial charge in [0.25, 0.3) is 0 Å². The first-order valence-corrected chi connectivity index (χ1v) is 3.93. The van der Waals surface area contributed by atoms with Gasteiger partial charge in [0, 0.05) is 18.7 Å². The highest BCUT2D eigenvalue weighted by atomic mass is 16.6. The first-order chi connectivity index (χ1) is 5.83. The average molecular weight is 168 g/mol. The normalized spacial score (nSPS) is 12.5. The van der Waals surface area contributed by atoms with Gasteiger partial charge in [0.15, 0.2) is 6.29 Å². The van der Waals surface area contributed by atoms with Gasteiger partial charge in [0.2, 0.25) is 5.88 Å². The molecule has 4 nitrogen and oxygen atoms in total. The van der Waals surface area contributed by atoms with Gasteiger partial charge in [0.1, 0.15) is 6.33 Å². The van der Waals surface area contributed by atoms with Crippen LogP contribution in [0.2, 0.25) is 0 Å². The van der Waals surface area contributed by atoms with E-state index in [4.69, 9.17) is 4.74 Å². The highest BCUT2D eigenvalue weighted by Gasteiger charge is 2.03. The Bertz CT molecular complexity index is 216. The number of aromatic nitrogens is 2. The predicted octanol–water partition coefficient (Wildman–Crippen LogP) is 0.974. The summed E-state index contributed by atoms with van der Waals surface area (Å²) in [5.41, 5.74) is 0. The molecule has 1 aromatic heterocycles. The van der Waals surface area contributed by atoms with Crippen molar-refractivity contribution in [2.75, 3.05) is 0 Å². The van der Waals surface area contributed by atoms with E-state index in [1.165, 1.54) is 6.33 Å². The molecule has 0 bridgehead atoms. The van der Waals surface area contributed by atoms with E-state index in [1.807, 2.05) is 6.92 Å². The molecule has 1 N–H and O–H groups in total. The molecule has 0 aliphatic rings. The third kappa shape index (κ3) is 2.84. The number of rotatable bonds is 4. The van der Waals surface area contributed by atoms with Crippen LogP contribution in [-0.4, -0.2) is 21.4 Å². The van der Waals surface area contributed by atoms with Crippen molar-refractivity contribution in [1.29, 1.82) is 0 Å². The third-order valence-electron chi connectivity index (χ3n) is 1.35. The number of hydrogen-bond acceptors (Lipinski definition) is 4. The predicted molar refractivity (Wildman–Crippen MR) is 43.6 cm³/mol. The summed E-state index contributed by atoms with van der Waals surface area (Å²) in [6.45, 7) is 1.98. The second-order valence-corrected chi connectivity index (χ2v) is 2.41. The number of hydrogen-bond donors (Lipinski definition) is 1. The fraction of sp³-hybridized carbons (Fsp3) is 0.500. The van der Waals surface area contributed by atoms with Gasteiger partial charge < -0.3 is 9.84 Å². The Morgan fingerprint density at radius 3 is 3.08 bits per heavy atom. The second kappa shape index (κ2) is 4.66. The molecule has 0 radical (unpaired) electrons. The fourth-order valence-electron chi connectivity index (χ4n) is 0.794. The van der Waals surface area contributed by atoms with E-state index in [2.05, 4.69) is 9.97 Å². The van der Waals surface area contributed by atoms with Gasteiger partial charge in [-0.05, 0) is 0 Å². The minimum atomic E-state index is -0.759. The van der Waals surface area contributed by atoms with Gasteiger partial charge in [-0.25, -0.2) is 9.97 Å². The molecule has 0 saturated carbocycles. The van der Waals surface area contributed by atoms with Crippen LogP contribution >= 0.6 is 0 Å². The highest BCUT2D eigenvalue weighted by molar-refractivity contribution is 5.04. The number of aliphatic hydroxyl groups excluding tert-OH is 1. The van der Waals surface area contributed by atoms with Crippen LogP contribution in [0.1, 0.15) is 19.8 Å². The van der Waals surface area contributed by atoms with Crippen LogP contribution in [0, 0.1) is 0 Å². The van der Waals surface area contributed by atoms with E-state index in [0.29, 0.717) is 12.3 Å². The minimum Gasteiger partial charge on any atom is -0.448 e. The Morgan fingerprint density at radius 1 is 1.67 bits per heavy atom. The Hall–Kier alpha value is -1.16. The van der Waals surface area contributed by atoms with Crippen LogP contribution in [0.3, 0.4) is 0 Å². The lowest BCUT2D eigenvalue weighted by atomic mass is 10.3.